The van der Waals surface area contributed by atoms with Crippen molar-refractivity contribution >= 4 is 32.5 Å². The molecular weight excluding hydrogens is 358 g/mol. The highest BCUT2D eigenvalue weighted by Gasteiger charge is 2.18. The molecule has 3 heterocycles. The fourth-order valence-corrected chi connectivity index (χ4v) is 3.86. The summed E-state index contributed by atoms with van der Waals surface area (Å²) in [4.78, 5) is 33.3. The molecule has 0 N–H and O–H groups in total. The first-order chi connectivity index (χ1) is 12.6. The van der Waals surface area contributed by atoms with E-state index < -0.39 is 4.92 Å². The second-order valence-corrected chi connectivity index (χ2v) is 6.83. The van der Waals surface area contributed by atoms with Gasteiger partial charge in [0.25, 0.3) is 11.2 Å². The number of non-ortho nitro benzene ring substituents is 1. The van der Waals surface area contributed by atoms with E-state index >= 15 is 0 Å². The van der Waals surface area contributed by atoms with Crippen LogP contribution in [-0.2, 0) is 11.3 Å². The molecule has 0 aliphatic carbocycles. The van der Waals surface area contributed by atoms with Gasteiger partial charge in [0.05, 0.1) is 24.7 Å². The number of thiazole rings is 1. The van der Waals surface area contributed by atoms with Crippen LogP contribution in [0, 0.1) is 10.1 Å². The predicted molar refractivity (Wildman–Crippen MR) is 96.9 cm³/mol. The maximum atomic E-state index is 12.1. The third kappa shape index (κ3) is 3.16. The highest BCUT2D eigenvalue weighted by Crippen LogP contribution is 2.27. The number of aromatic nitrogens is 3. The van der Waals surface area contributed by atoms with E-state index in [9.17, 15) is 14.9 Å². The van der Waals surface area contributed by atoms with Crippen LogP contribution in [0.25, 0.3) is 10.3 Å². The zero-order valence-corrected chi connectivity index (χ0v) is 14.5. The molecule has 0 saturated carbocycles. The van der Waals surface area contributed by atoms with Crippen molar-refractivity contribution in [3.05, 3.63) is 56.6 Å². The van der Waals surface area contributed by atoms with Gasteiger partial charge in [-0.05, 0) is 5.56 Å². The van der Waals surface area contributed by atoms with Gasteiger partial charge in [-0.2, -0.15) is 4.98 Å². The molecule has 9 nitrogen and oxygen atoms in total. The van der Waals surface area contributed by atoms with E-state index in [0.717, 1.165) is 23.8 Å². The highest BCUT2D eigenvalue weighted by atomic mass is 32.1. The van der Waals surface area contributed by atoms with E-state index in [4.69, 9.17) is 4.74 Å². The molecular formula is C16H15N5O4S. The quantitative estimate of drug-likeness (QED) is 0.506. The Hall–Kier alpha value is -2.85. The molecule has 4 rings (SSSR count). The minimum Gasteiger partial charge on any atom is -0.378 e. The van der Waals surface area contributed by atoms with Gasteiger partial charge in [0, 0.05) is 25.2 Å². The van der Waals surface area contributed by atoms with Gasteiger partial charge in [-0.25, -0.2) is 4.98 Å². The molecule has 0 radical (unpaired) electrons. The smallest absolute Gasteiger partial charge is 0.292 e. The maximum Gasteiger partial charge on any atom is 0.292 e. The number of hydrogen-bond acceptors (Lipinski definition) is 8. The van der Waals surface area contributed by atoms with Crippen molar-refractivity contribution in [2.75, 3.05) is 31.2 Å². The Kier molecular flexibility index (Phi) is 4.35. The van der Waals surface area contributed by atoms with Crippen LogP contribution < -0.4 is 10.5 Å². The SMILES string of the molecule is O=c1ncn(Cc2cccc([N+](=O)[O-])c2)c2nc(N3CCOCC3)sc12. The van der Waals surface area contributed by atoms with E-state index in [1.807, 2.05) is 0 Å². The summed E-state index contributed by atoms with van der Waals surface area (Å²) in [6.45, 7) is 3.06. The van der Waals surface area contributed by atoms with Crippen LogP contribution in [0.3, 0.4) is 0 Å². The summed E-state index contributed by atoms with van der Waals surface area (Å²) in [5.41, 5.74) is 1.00. The van der Waals surface area contributed by atoms with Crippen molar-refractivity contribution in [2.24, 2.45) is 0 Å². The van der Waals surface area contributed by atoms with Gasteiger partial charge >= 0.3 is 0 Å². The second kappa shape index (κ2) is 6.81. The molecule has 0 bridgehead atoms. The lowest BCUT2D eigenvalue weighted by molar-refractivity contribution is -0.384. The zero-order chi connectivity index (χ0) is 18.1. The number of nitrogens with zero attached hydrogens (tertiary/aromatic N) is 5. The zero-order valence-electron chi connectivity index (χ0n) is 13.7. The molecule has 10 heteroatoms. The molecule has 3 aromatic rings. The Morgan fingerprint density at radius 2 is 2.12 bits per heavy atom. The molecule has 1 aromatic carbocycles. The fraction of sp³-hybridized carbons (Fsp3) is 0.312. The third-order valence-electron chi connectivity index (χ3n) is 4.13. The summed E-state index contributed by atoms with van der Waals surface area (Å²) in [5, 5.41) is 11.7. The van der Waals surface area contributed by atoms with Crippen LogP contribution >= 0.6 is 11.3 Å². The number of nitro benzene ring substituents is 1. The van der Waals surface area contributed by atoms with Crippen molar-refractivity contribution in [3.63, 3.8) is 0 Å². The van der Waals surface area contributed by atoms with E-state index in [1.54, 1.807) is 16.7 Å². The van der Waals surface area contributed by atoms with Crippen molar-refractivity contribution < 1.29 is 9.66 Å². The van der Waals surface area contributed by atoms with Crippen LogP contribution in [0.1, 0.15) is 5.56 Å². The number of nitro groups is 1. The van der Waals surface area contributed by atoms with E-state index in [0.29, 0.717) is 30.1 Å². The monoisotopic (exact) mass is 373 g/mol. The van der Waals surface area contributed by atoms with Gasteiger partial charge in [0.2, 0.25) is 0 Å². The lowest BCUT2D eigenvalue weighted by Crippen LogP contribution is -2.36. The Labute approximate surface area is 151 Å². The molecule has 2 aromatic heterocycles. The molecule has 0 unspecified atom stereocenters. The minimum absolute atomic E-state index is 0.0278. The Morgan fingerprint density at radius 1 is 1.31 bits per heavy atom. The predicted octanol–water partition coefficient (Wildman–Crippen LogP) is 1.65. The van der Waals surface area contributed by atoms with E-state index in [2.05, 4.69) is 14.9 Å². The average Bonchev–Trinajstić information content (AvgIpc) is 3.12. The number of ether oxygens (including phenoxy) is 1. The number of benzene rings is 1. The molecule has 1 aliphatic rings. The first-order valence-corrected chi connectivity index (χ1v) is 8.85. The van der Waals surface area contributed by atoms with Gasteiger partial charge < -0.3 is 14.2 Å². The van der Waals surface area contributed by atoms with Crippen LogP contribution in [0.4, 0.5) is 10.8 Å². The number of morpholine rings is 1. The molecule has 1 saturated heterocycles. The molecule has 0 atom stereocenters. The third-order valence-corrected chi connectivity index (χ3v) is 5.23. The summed E-state index contributed by atoms with van der Waals surface area (Å²) in [7, 11) is 0. The van der Waals surface area contributed by atoms with Gasteiger partial charge in [-0.15, -0.1) is 0 Å². The first-order valence-electron chi connectivity index (χ1n) is 8.04. The van der Waals surface area contributed by atoms with Crippen molar-refractivity contribution in [1.82, 2.24) is 14.5 Å². The van der Waals surface area contributed by atoms with E-state index in [-0.39, 0.29) is 11.2 Å². The van der Waals surface area contributed by atoms with Gasteiger partial charge in [0.15, 0.2) is 10.8 Å². The summed E-state index contributed by atoms with van der Waals surface area (Å²) >= 11 is 1.32. The van der Waals surface area contributed by atoms with Crippen molar-refractivity contribution in [3.8, 4) is 0 Å². The largest absolute Gasteiger partial charge is 0.378 e. The normalized spacial score (nSPS) is 14.7. The maximum absolute atomic E-state index is 12.1. The molecule has 1 aliphatic heterocycles. The molecule has 0 spiro atoms. The standard InChI is InChI=1S/C16H15N5O4S/c22-15-13-14(18-16(26-13)19-4-6-25-7-5-19)20(10-17-15)9-11-2-1-3-12(8-11)21(23)24/h1-3,8,10H,4-7,9H2. The number of fused-ring (bicyclic) bond motifs is 1. The molecule has 134 valence electrons. The Bertz CT molecular complexity index is 1020. The average molecular weight is 373 g/mol. The van der Waals surface area contributed by atoms with Gasteiger partial charge in [-0.3, -0.25) is 14.9 Å². The number of rotatable bonds is 4. The van der Waals surface area contributed by atoms with Crippen LogP contribution in [0.5, 0.6) is 0 Å². The number of hydrogen-bond donors (Lipinski definition) is 0. The molecule has 0 amide bonds. The highest BCUT2D eigenvalue weighted by molar-refractivity contribution is 7.22. The van der Waals surface area contributed by atoms with Crippen LogP contribution in [0.15, 0.2) is 35.4 Å². The Morgan fingerprint density at radius 3 is 2.88 bits per heavy atom. The fourth-order valence-electron chi connectivity index (χ4n) is 2.84. The Balaban J connectivity index is 1.72. The lowest BCUT2D eigenvalue weighted by atomic mass is 10.2. The van der Waals surface area contributed by atoms with Crippen molar-refractivity contribution in [2.45, 2.75) is 6.54 Å². The summed E-state index contributed by atoms with van der Waals surface area (Å²) in [6.07, 6.45) is 1.44. The first kappa shape index (κ1) is 16.6. The molecule has 26 heavy (non-hydrogen) atoms. The van der Waals surface area contributed by atoms with Crippen LogP contribution in [-0.4, -0.2) is 45.8 Å². The molecule has 1 fully saturated rings. The lowest BCUT2D eigenvalue weighted by Gasteiger charge is -2.25. The minimum atomic E-state index is -0.428. The second-order valence-electron chi connectivity index (χ2n) is 5.85. The summed E-state index contributed by atoms with van der Waals surface area (Å²) < 4.78 is 7.58. The topological polar surface area (TPSA) is 103 Å². The van der Waals surface area contributed by atoms with Crippen LogP contribution in [0.2, 0.25) is 0 Å². The summed E-state index contributed by atoms with van der Waals surface area (Å²) in [5.74, 6) is 0. The van der Waals surface area contributed by atoms with E-state index in [1.165, 1.54) is 29.8 Å². The van der Waals surface area contributed by atoms with Gasteiger partial charge in [0.1, 0.15) is 11.0 Å². The van der Waals surface area contributed by atoms with Gasteiger partial charge in [-0.1, -0.05) is 23.5 Å². The summed E-state index contributed by atoms with van der Waals surface area (Å²) in [6, 6.07) is 6.40. The number of anilines is 1. The van der Waals surface area contributed by atoms with Crippen molar-refractivity contribution in [1.29, 1.82) is 0 Å².